The van der Waals surface area contributed by atoms with Crippen molar-refractivity contribution in [1.29, 1.82) is 0 Å². The Balaban J connectivity index is 2.08. The monoisotopic (exact) mass is 481 g/mol. The van der Waals surface area contributed by atoms with Crippen LogP contribution in [-0.4, -0.2) is 63.2 Å². The second-order valence-electron chi connectivity index (χ2n) is 7.92. The molecule has 1 amide bonds. The lowest BCUT2D eigenvalue weighted by Gasteiger charge is -2.37. The van der Waals surface area contributed by atoms with Crippen molar-refractivity contribution in [3.8, 4) is 5.75 Å². The number of nitrogens with one attached hydrogen (secondary N) is 2. The van der Waals surface area contributed by atoms with E-state index in [1.165, 1.54) is 24.3 Å². The Bertz CT molecular complexity index is 1060. The molecule has 0 spiro atoms. The Hall–Kier alpha value is -2.33. The number of rotatable bonds is 7. The number of carbonyl (C=O) groups is 1. The molecule has 32 heavy (non-hydrogen) atoms. The number of anilines is 1. The van der Waals surface area contributed by atoms with Crippen LogP contribution in [0.15, 0.2) is 47.4 Å². The number of amides is 1. The molecule has 0 saturated carbocycles. The van der Waals surface area contributed by atoms with Gasteiger partial charge in [0.05, 0.1) is 28.8 Å². The van der Waals surface area contributed by atoms with Crippen molar-refractivity contribution >= 4 is 33.2 Å². The van der Waals surface area contributed by atoms with Crippen molar-refractivity contribution in [3.05, 3.63) is 53.1 Å². The maximum absolute atomic E-state index is 13.4. The maximum Gasteiger partial charge on any atom is 0.262 e. The van der Waals surface area contributed by atoms with Crippen LogP contribution in [0.4, 0.5) is 5.69 Å². The summed E-state index contributed by atoms with van der Waals surface area (Å²) in [5.41, 5.74) is 0.396. The van der Waals surface area contributed by atoms with Crippen LogP contribution >= 0.6 is 11.6 Å². The number of hydrogen-bond acceptors (Lipinski definition) is 6. The SMILES string of the molecule is CNC[C@H]1Oc2c(NS(=O)(=O)c3ccc(Cl)cc3)cccc2C(=O)N([C@@H](C)CO)C[C@@H]1C. The smallest absolute Gasteiger partial charge is 0.262 e. The van der Waals surface area contributed by atoms with Crippen molar-refractivity contribution in [2.24, 2.45) is 5.92 Å². The Morgan fingerprint density at radius 2 is 1.94 bits per heavy atom. The zero-order valence-electron chi connectivity index (χ0n) is 18.2. The normalized spacial score (nSPS) is 20.0. The number of fused-ring (bicyclic) bond motifs is 1. The van der Waals surface area contributed by atoms with Gasteiger partial charge in [0.2, 0.25) is 0 Å². The van der Waals surface area contributed by atoms with Gasteiger partial charge in [0.1, 0.15) is 6.10 Å². The summed E-state index contributed by atoms with van der Waals surface area (Å²) < 4.78 is 34.7. The minimum Gasteiger partial charge on any atom is -0.486 e. The average molecular weight is 482 g/mol. The third kappa shape index (κ3) is 5.17. The van der Waals surface area contributed by atoms with E-state index in [2.05, 4.69) is 10.0 Å². The van der Waals surface area contributed by atoms with Crippen LogP contribution in [0, 0.1) is 5.92 Å². The molecular weight excluding hydrogens is 454 g/mol. The molecule has 2 aromatic rings. The lowest BCUT2D eigenvalue weighted by atomic mass is 9.99. The molecule has 10 heteroatoms. The highest BCUT2D eigenvalue weighted by Gasteiger charge is 2.34. The fourth-order valence-electron chi connectivity index (χ4n) is 3.59. The van der Waals surface area contributed by atoms with Crippen LogP contribution in [0.1, 0.15) is 24.2 Å². The maximum atomic E-state index is 13.4. The van der Waals surface area contributed by atoms with Gasteiger partial charge in [0, 0.05) is 24.0 Å². The van der Waals surface area contributed by atoms with E-state index < -0.39 is 16.1 Å². The number of halogens is 1. The van der Waals surface area contributed by atoms with Gasteiger partial charge < -0.3 is 20.1 Å². The van der Waals surface area contributed by atoms with E-state index in [-0.39, 0.29) is 46.4 Å². The second-order valence-corrected chi connectivity index (χ2v) is 10.0. The van der Waals surface area contributed by atoms with E-state index in [4.69, 9.17) is 16.3 Å². The van der Waals surface area contributed by atoms with Gasteiger partial charge in [0.25, 0.3) is 15.9 Å². The fraction of sp³-hybridized carbons (Fsp3) is 0.409. The lowest BCUT2D eigenvalue weighted by Crippen LogP contribution is -2.49. The number of para-hydroxylation sites is 1. The van der Waals surface area contributed by atoms with Gasteiger partial charge in [-0.15, -0.1) is 0 Å². The van der Waals surface area contributed by atoms with Crippen LogP contribution < -0.4 is 14.8 Å². The van der Waals surface area contributed by atoms with Crippen molar-refractivity contribution in [1.82, 2.24) is 10.2 Å². The largest absolute Gasteiger partial charge is 0.486 e. The van der Waals surface area contributed by atoms with Gasteiger partial charge in [-0.1, -0.05) is 24.6 Å². The Morgan fingerprint density at radius 3 is 2.56 bits per heavy atom. The molecule has 1 heterocycles. The molecule has 8 nitrogen and oxygen atoms in total. The summed E-state index contributed by atoms with van der Waals surface area (Å²) in [7, 11) is -2.15. The first-order valence-electron chi connectivity index (χ1n) is 10.3. The summed E-state index contributed by atoms with van der Waals surface area (Å²) in [6, 6.07) is 10.1. The first-order chi connectivity index (χ1) is 15.2. The Labute approximate surface area is 193 Å². The van der Waals surface area contributed by atoms with Gasteiger partial charge in [-0.25, -0.2) is 8.42 Å². The quantitative estimate of drug-likeness (QED) is 0.561. The summed E-state index contributed by atoms with van der Waals surface area (Å²) in [5.74, 6) is -0.240. The molecule has 3 rings (SSSR count). The molecule has 0 bridgehead atoms. The molecule has 1 aliphatic heterocycles. The fourth-order valence-corrected chi connectivity index (χ4v) is 4.77. The molecular formula is C22H28ClN3O5S. The number of aliphatic hydroxyl groups is 1. The van der Waals surface area contributed by atoms with Crippen LogP contribution in [0.2, 0.25) is 5.02 Å². The van der Waals surface area contributed by atoms with Crippen molar-refractivity contribution in [3.63, 3.8) is 0 Å². The minimum atomic E-state index is -3.95. The predicted molar refractivity (Wildman–Crippen MR) is 124 cm³/mol. The minimum absolute atomic E-state index is 0.0346. The van der Waals surface area contributed by atoms with Crippen LogP contribution in [-0.2, 0) is 10.0 Å². The molecule has 3 atom stereocenters. The number of likely N-dealkylation sites (N-methyl/N-ethyl adjacent to an activating group) is 1. The van der Waals surface area contributed by atoms with Crippen molar-refractivity contribution in [2.45, 2.75) is 30.9 Å². The van der Waals surface area contributed by atoms with E-state index in [9.17, 15) is 18.3 Å². The zero-order valence-corrected chi connectivity index (χ0v) is 19.8. The number of hydrogen-bond donors (Lipinski definition) is 3. The van der Waals surface area contributed by atoms with E-state index >= 15 is 0 Å². The Kier molecular flexibility index (Phi) is 7.66. The number of aliphatic hydroxyl groups excluding tert-OH is 1. The van der Waals surface area contributed by atoms with Gasteiger partial charge in [-0.3, -0.25) is 9.52 Å². The van der Waals surface area contributed by atoms with E-state index in [1.54, 1.807) is 37.1 Å². The van der Waals surface area contributed by atoms with Gasteiger partial charge in [-0.2, -0.15) is 0 Å². The zero-order chi connectivity index (χ0) is 23.5. The summed E-state index contributed by atoms with van der Waals surface area (Å²) in [6.45, 7) is 4.43. The molecule has 0 saturated heterocycles. The predicted octanol–water partition coefficient (Wildman–Crippen LogP) is 2.58. The summed E-state index contributed by atoms with van der Waals surface area (Å²) in [4.78, 5) is 15.0. The Morgan fingerprint density at radius 1 is 1.25 bits per heavy atom. The van der Waals surface area contributed by atoms with E-state index in [0.717, 1.165) is 0 Å². The molecule has 0 fully saturated rings. The lowest BCUT2D eigenvalue weighted by molar-refractivity contribution is 0.0417. The molecule has 0 radical (unpaired) electrons. The van der Waals surface area contributed by atoms with Gasteiger partial charge in [0.15, 0.2) is 5.75 Å². The highest BCUT2D eigenvalue weighted by atomic mass is 35.5. The highest BCUT2D eigenvalue weighted by Crippen LogP contribution is 2.35. The number of ether oxygens (including phenoxy) is 1. The third-order valence-electron chi connectivity index (χ3n) is 5.46. The first-order valence-corrected chi connectivity index (χ1v) is 12.2. The average Bonchev–Trinajstić information content (AvgIpc) is 2.76. The number of sulfonamides is 1. The van der Waals surface area contributed by atoms with Crippen LogP contribution in [0.25, 0.3) is 0 Å². The van der Waals surface area contributed by atoms with Crippen molar-refractivity contribution < 1.29 is 23.1 Å². The topological polar surface area (TPSA) is 108 Å². The molecule has 174 valence electrons. The molecule has 3 N–H and O–H groups in total. The molecule has 0 aliphatic carbocycles. The molecule has 0 unspecified atom stereocenters. The third-order valence-corrected chi connectivity index (χ3v) is 7.10. The van der Waals surface area contributed by atoms with Crippen LogP contribution in [0.3, 0.4) is 0 Å². The number of nitrogens with zero attached hydrogens (tertiary/aromatic N) is 1. The standard InChI is InChI=1S/C22H28ClN3O5S/c1-14-12-26(15(2)13-27)22(28)18-5-4-6-19(21(18)31-20(14)11-24-3)25-32(29,30)17-9-7-16(23)8-10-17/h4-10,14-15,20,24-25,27H,11-13H2,1-3H3/t14-,15-,20+/m0/s1. The van der Waals surface area contributed by atoms with E-state index in [1.807, 2.05) is 6.92 Å². The second kappa shape index (κ2) is 10.1. The van der Waals surface area contributed by atoms with Gasteiger partial charge >= 0.3 is 0 Å². The number of benzene rings is 2. The summed E-state index contributed by atoms with van der Waals surface area (Å²) >= 11 is 5.88. The summed E-state index contributed by atoms with van der Waals surface area (Å²) in [5, 5.41) is 13.2. The summed E-state index contributed by atoms with van der Waals surface area (Å²) in [6.07, 6.45) is -0.332. The highest BCUT2D eigenvalue weighted by molar-refractivity contribution is 7.92. The van der Waals surface area contributed by atoms with Crippen molar-refractivity contribution in [2.75, 3.05) is 31.5 Å². The molecule has 0 aromatic heterocycles. The van der Waals surface area contributed by atoms with Crippen LogP contribution in [0.5, 0.6) is 5.75 Å². The molecule has 2 aromatic carbocycles. The number of carbonyl (C=O) groups excluding carboxylic acids is 1. The molecule has 1 aliphatic rings. The van der Waals surface area contributed by atoms with E-state index in [0.29, 0.717) is 18.1 Å². The van der Waals surface area contributed by atoms with Gasteiger partial charge in [-0.05, 0) is 50.4 Å². The first kappa shape index (κ1) is 24.3.